The molecule has 0 saturated carbocycles. The number of anilines is 1. The fourth-order valence-electron chi connectivity index (χ4n) is 6.25. The van der Waals surface area contributed by atoms with Crippen LogP contribution in [0.1, 0.15) is 33.7 Å². The molecule has 4 aliphatic rings. The van der Waals surface area contributed by atoms with Gasteiger partial charge in [-0.05, 0) is 29.7 Å². The second-order valence-corrected chi connectivity index (χ2v) is 8.94. The van der Waals surface area contributed by atoms with Crippen LogP contribution in [0.3, 0.4) is 0 Å². The van der Waals surface area contributed by atoms with Gasteiger partial charge in [-0.25, -0.2) is 4.90 Å². The van der Waals surface area contributed by atoms with Crippen molar-refractivity contribution in [3.05, 3.63) is 115 Å². The monoisotopic (exact) mass is 455 g/mol. The zero-order valence-corrected chi connectivity index (χ0v) is 17.9. The predicted molar refractivity (Wildman–Crippen MR) is 120 cm³/mol. The van der Waals surface area contributed by atoms with Crippen LogP contribution < -0.4 is 4.90 Å². The van der Waals surface area contributed by atoms with E-state index in [1.165, 1.54) is 12.1 Å². The number of carbonyl (C=O) groups is 2. The molecule has 0 radical (unpaired) electrons. The van der Waals surface area contributed by atoms with Gasteiger partial charge < -0.3 is 0 Å². The molecule has 1 fully saturated rings. The second kappa shape index (κ2) is 6.57. The number of nitrogens with zero attached hydrogens (tertiary/aromatic N) is 3. The number of benzene rings is 3. The molecule has 0 aromatic heterocycles. The molecule has 7 rings (SSSR count). The second-order valence-electron chi connectivity index (χ2n) is 8.94. The molecule has 9 nitrogen and oxygen atoms in total. The lowest BCUT2D eigenvalue weighted by Crippen LogP contribution is -2.57. The number of hydrogen-bond donors (Lipinski definition) is 0. The maximum Gasteiger partial charge on any atom is 0.293 e. The predicted octanol–water partition coefficient (Wildman–Crippen LogP) is 3.69. The fraction of sp³-hybridized carbons (Fsp3) is 0.200. The van der Waals surface area contributed by atoms with E-state index in [2.05, 4.69) is 0 Å². The van der Waals surface area contributed by atoms with E-state index < -0.39 is 50.6 Å². The summed E-state index contributed by atoms with van der Waals surface area (Å²) in [5.41, 5.74) is 0.143. The Labute approximate surface area is 192 Å². The molecule has 1 heterocycles. The average Bonchev–Trinajstić information content (AvgIpc) is 3.09. The summed E-state index contributed by atoms with van der Waals surface area (Å²) in [5, 5.41) is 24.7. The number of amides is 2. The van der Waals surface area contributed by atoms with E-state index in [9.17, 15) is 29.8 Å². The first kappa shape index (κ1) is 20.2. The van der Waals surface area contributed by atoms with Gasteiger partial charge in [0.2, 0.25) is 11.8 Å². The van der Waals surface area contributed by atoms with Crippen molar-refractivity contribution >= 4 is 23.2 Å². The highest BCUT2D eigenvalue weighted by molar-refractivity contribution is 6.24. The summed E-state index contributed by atoms with van der Waals surface area (Å²) in [4.78, 5) is 52.2. The van der Waals surface area contributed by atoms with E-state index in [0.29, 0.717) is 27.8 Å². The molecule has 168 valence electrons. The van der Waals surface area contributed by atoms with Crippen LogP contribution >= 0.6 is 0 Å². The van der Waals surface area contributed by atoms with Gasteiger partial charge in [-0.3, -0.25) is 29.8 Å². The minimum absolute atomic E-state index is 0.161. The molecule has 3 aromatic rings. The van der Waals surface area contributed by atoms with Gasteiger partial charge in [0.1, 0.15) is 11.6 Å². The van der Waals surface area contributed by atoms with Gasteiger partial charge in [-0.2, -0.15) is 0 Å². The topological polar surface area (TPSA) is 124 Å². The maximum atomic E-state index is 13.9. The van der Waals surface area contributed by atoms with Gasteiger partial charge >= 0.3 is 0 Å². The zero-order valence-electron chi connectivity index (χ0n) is 17.9. The molecular formula is C25H17N3O6. The molecule has 0 N–H and O–H groups in total. The molecule has 34 heavy (non-hydrogen) atoms. The van der Waals surface area contributed by atoms with E-state index >= 15 is 0 Å². The number of nitro groups is 2. The van der Waals surface area contributed by atoms with E-state index in [1.54, 1.807) is 61.5 Å². The lowest BCUT2D eigenvalue weighted by molar-refractivity contribution is -0.578. The molecule has 3 aromatic carbocycles. The molecule has 1 saturated heterocycles. The molecule has 2 amide bonds. The Balaban J connectivity index is 1.66. The molecular weight excluding hydrogens is 438 g/mol. The SMILES string of the molecule is Cc1ccc(N2C(=O)[C@@H]3C4c5ccccc5C([N+](=O)[O-])(c5ccccc54)[C@H]3C2=O)c([N+](=O)[O-])c1. The Hall–Kier alpha value is -4.40. The number of aryl methyl sites for hydroxylation is 1. The highest BCUT2D eigenvalue weighted by atomic mass is 16.6. The number of carbonyl (C=O) groups excluding carboxylic acids is 2. The summed E-state index contributed by atoms with van der Waals surface area (Å²) < 4.78 is 0. The first-order chi connectivity index (χ1) is 16.3. The Kier molecular flexibility index (Phi) is 3.91. The molecule has 3 aliphatic carbocycles. The summed E-state index contributed by atoms with van der Waals surface area (Å²) in [5.74, 6) is -4.35. The Morgan fingerprint density at radius 3 is 2.00 bits per heavy atom. The van der Waals surface area contributed by atoms with Crippen LogP contribution in [-0.4, -0.2) is 21.7 Å². The van der Waals surface area contributed by atoms with Crippen LogP contribution in [0.5, 0.6) is 0 Å². The van der Waals surface area contributed by atoms with Crippen molar-refractivity contribution in [2.45, 2.75) is 18.4 Å². The lowest BCUT2D eigenvalue weighted by atomic mass is 9.51. The van der Waals surface area contributed by atoms with Crippen molar-refractivity contribution in [2.24, 2.45) is 11.8 Å². The van der Waals surface area contributed by atoms with Crippen molar-refractivity contribution in [1.82, 2.24) is 0 Å². The van der Waals surface area contributed by atoms with Crippen LogP contribution in [0.4, 0.5) is 11.4 Å². The quantitative estimate of drug-likeness (QED) is 0.337. The highest BCUT2D eigenvalue weighted by Crippen LogP contribution is 2.64. The number of imide groups is 1. The standard InChI is InChI=1S/C25H17N3O6/c1-13-10-11-18(19(12-13)27(31)32)26-23(29)21-20-14-6-2-4-8-16(14)25(28(33)34,22(21)24(26)30)17-9-5-3-7-15(17)20/h2-12,20-22H,1H3/t20?,21-,22-,25?/m1/s1. The molecule has 9 heteroatoms. The minimum Gasteiger partial charge on any atom is -0.274 e. The molecule has 0 spiro atoms. The molecule has 2 atom stereocenters. The lowest BCUT2D eigenvalue weighted by Gasteiger charge is -2.48. The van der Waals surface area contributed by atoms with Crippen molar-refractivity contribution < 1.29 is 19.4 Å². The Morgan fingerprint density at radius 1 is 0.853 bits per heavy atom. The average molecular weight is 455 g/mol. The Bertz CT molecular complexity index is 1420. The third kappa shape index (κ3) is 2.18. The van der Waals surface area contributed by atoms with Gasteiger partial charge in [0.25, 0.3) is 11.2 Å². The smallest absolute Gasteiger partial charge is 0.274 e. The van der Waals surface area contributed by atoms with Crippen LogP contribution in [-0.2, 0) is 15.1 Å². The molecule has 1 aliphatic heterocycles. The van der Waals surface area contributed by atoms with E-state index in [0.717, 1.165) is 4.90 Å². The number of nitro benzene ring substituents is 1. The summed E-state index contributed by atoms with van der Waals surface area (Å²) in [6.07, 6.45) is 0. The van der Waals surface area contributed by atoms with E-state index in [-0.39, 0.29) is 5.69 Å². The van der Waals surface area contributed by atoms with Gasteiger partial charge in [-0.1, -0.05) is 54.6 Å². The first-order valence-corrected chi connectivity index (χ1v) is 10.8. The van der Waals surface area contributed by atoms with Crippen molar-refractivity contribution in [3.63, 3.8) is 0 Å². The van der Waals surface area contributed by atoms with Crippen LogP contribution in [0.15, 0.2) is 66.7 Å². The van der Waals surface area contributed by atoms with Gasteiger partial charge in [-0.15, -0.1) is 0 Å². The largest absolute Gasteiger partial charge is 0.293 e. The van der Waals surface area contributed by atoms with E-state index in [4.69, 9.17) is 0 Å². The highest BCUT2D eigenvalue weighted by Gasteiger charge is 2.75. The molecule has 0 unspecified atom stereocenters. The van der Waals surface area contributed by atoms with Crippen molar-refractivity contribution in [2.75, 3.05) is 4.90 Å². The number of hydrogen-bond acceptors (Lipinski definition) is 6. The van der Waals surface area contributed by atoms with Crippen molar-refractivity contribution in [1.29, 1.82) is 0 Å². The van der Waals surface area contributed by atoms with Crippen molar-refractivity contribution in [3.8, 4) is 0 Å². The Morgan fingerprint density at radius 2 is 1.44 bits per heavy atom. The van der Waals surface area contributed by atoms with E-state index in [1.807, 2.05) is 0 Å². The zero-order chi connectivity index (χ0) is 23.9. The third-order valence-electron chi connectivity index (χ3n) is 7.43. The fourth-order valence-corrected chi connectivity index (χ4v) is 6.25. The summed E-state index contributed by atoms with van der Waals surface area (Å²) in [7, 11) is 0. The van der Waals surface area contributed by atoms with Gasteiger partial charge in [0.15, 0.2) is 0 Å². The van der Waals surface area contributed by atoms with Gasteiger partial charge in [0, 0.05) is 28.0 Å². The molecule has 2 bridgehead atoms. The van der Waals surface area contributed by atoms with Crippen LogP contribution in [0, 0.1) is 39.0 Å². The van der Waals surface area contributed by atoms with Crippen LogP contribution in [0.25, 0.3) is 0 Å². The van der Waals surface area contributed by atoms with Gasteiger partial charge in [0.05, 0.1) is 10.8 Å². The minimum atomic E-state index is -1.96. The summed E-state index contributed by atoms with van der Waals surface area (Å²) in [6.45, 7) is 1.67. The summed E-state index contributed by atoms with van der Waals surface area (Å²) >= 11 is 0. The normalized spacial score (nSPS) is 26.1. The number of rotatable bonds is 3. The summed E-state index contributed by atoms with van der Waals surface area (Å²) in [6, 6.07) is 17.9. The van der Waals surface area contributed by atoms with Crippen LogP contribution in [0.2, 0.25) is 0 Å². The maximum absolute atomic E-state index is 13.9. The third-order valence-corrected chi connectivity index (χ3v) is 7.43. The first-order valence-electron chi connectivity index (χ1n) is 10.8.